The fourth-order valence-electron chi connectivity index (χ4n) is 1.50. The van der Waals surface area contributed by atoms with Crippen molar-refractivity contribution in [3.8, 4) is 0 Å². The van der Waals surface area contributed by atoms with Crippen LogP contribution >= 0.6 is 0 Å². The summed E-state index contributed by atoms with van der Waals surface area (Å²) in [4.78, 5) is 7.00. The van der Waals surface area contributed by atoms with Crippen molar-refractivity contribution in [3.63, 3.8) is 0 Å². The summed E-state index contributed by atoms with van der Waals surface area (Å²) in [5.74, 6) is 0. The summed E-state index contributed by atoms with van der Waals surface area (Å²) in [6.45, 7) is 2.83. The fraction of sp³-hybridized carbons (Fsp3) is 0.300. The lowest BCUT2D eigenvalue weighted by Gasteiger charge is -2.10. The lowest BCUT2D eigenvalue weighted by molar-refractivity contribution is 0.206. The van der Waals surface area contributed by atoms with Crippen LogP contribution in [-0.4, -0.2) is 19.6 Å². The third-order valence-electron chi connectivity index (χ3n) is 2.28. The highest BCUT2D eigenvalue weighted by atomic mass is 16.3. The van der Waals surface area contributed by atoms with E-state index in [0.29, 0.717) is 0 Å². The van der Waals surface area contributed by atoms with E-state index >= 15 is 0 Å². The molecule has 0 radical (unpaired) electrons. The molecule has 0 bridgehead atoms. The Morgan fingerprint density at radius 2 is 2.50 bits per heavy atom. The number of hydrogen-bond donors (Lipinski definition) is 2. The summed E-state index contributed by atoms with van der Waals surface area (Å²) < 4.78 is 1.92. The average molecular weight is 191 g/mol. The third kappa shape index (κ3) is 1.44. The Morgan fingerprint density at radius 1 is 1.64 bits per heavy atom. The highest BCUT2D eigenvalue weighted by molar-refractivity contribution is 5.18. The molecule has 0 aliphatic heterocycles. The minimum Gasteiger partial charge on any atom is -0.381 e. The molecule has 2 aromatic heterocycles. The molecule has 0 aliphatic rings. The lowest BCUT2D eigenvalue weighted by Crippen LogP contribution is -2.07. The SMILES string of the molecule is CCn1cncc1C(O)c1ccc[nH]1. The molecule has 2 aromatic rings. The topological polar surface area (TPSA) is 53.8 Å². The van der Waals surface area contributed by atoms with Crippen LogP contribution in [0.3, 0.4) is 0 Å². The van der Waals surface area contributed by atoms with Crippen molar-refractivity contribution < 1.29 is 5.11 Å². The summed E-state index contributed by atoms with van der Waals surface area (Å²) >= 11 is 0. The van der Waals surface area contributed by atoms with Gasteiger partial charge in [-0.25, -0.2) is 4.98 Å². The normalized spacial score (nSPS) is 13.0. The van der Waals surface area contributed by atoms with Gasteiger partial charge in [0, 0.05) is 12.7 Å². The lowest BCUT2D eigenvalue weighted by atomic mass is 10.2. The van der Waals surface area contributed by atoms with Crippen molar-refractivity contribution in [2.75, 3.05) is 0 Å². The van der Waals surface area contributed by atoms with Crippen molar-refractivity contribution in [2.24, 2.45) is 0 Å². The minimum absolute atomic E-state index is 0.618. The molecule has 74 valence electrons. The first-order chi connectivity index (χ1) is 6.83. The van der Waals surface area contributed by atoms with E-state index in [9.17, 15) is 5.11 Å². The molecule has 14 heavy (non-hydrogen) atoms. The monoisotopic (exact) mass is 191 g/mol. The number of nitrogens with one attached hydrogen (secondary N) is 1. The molecule has 0 aromatic carbocycles. The maximum atomic E-state index is 9.99. The van der Waals surface area contributed by atoms with Gasteiger partial charge in [-0.15, -0.1) is 0 Å². The Labute approximate surface area is 82.2 Å². The standard InChI is InChI=1S/C10H13N3O/c1-2-13-7-11-6-9(13)10(14)8-4-3-5-12-8/h3-7,10,12,14H,2H2,1H3. The van der Waals surface area contributed by atoms with Crippen molar-refractivity contribution in [3.05, 3.63) is 42.2 Å². The second kappa shape index (κ2) is 3.67. The van der Waals surface area contributed by atoms with Gasteiger partial charge in [-0.2, -0.15) is 0 Å². The maximum absolute atomic E-state index is 9.99. The van der Waals surface area contributed by atoms with E-state index in [-0.39, 0.29) is 0 Å². The zero-order chi connectivity index (χ0) is 9.97. The molecule has 4 heteroatoms. The highest BCUT2D eigenvalue weighted by Gasteiger charge is 2.14. The van der Waals surface area contributed by atoms with Crippen molar-refractivity contribution >= 4 is 0 Å². The smallest absolute Gasteiger partial charge is 0.135 e. The Balaban J connectivity index is 2.31. The molecule has 2 heterocycles. The number of imidazole rings is 1. The molecule has 2 N–H and O–H groups in total. The second-order valence-corrected chi connectivity index (χ2v) is 3.13. The molecular formula is C10H13N3O. The Morgan fingerprint density at radius 3 is 3.14 bits per heavy atom. The second-order valence-electron chi connectivity index (χ2n) is 3.13. The summed E-state index contributed by atoms with van der Waals surface area (Å²) in [7, 11) is 0. The molecule has 0 amide bonds. The molecule has 0 fully saturated rings. The number of hydrogen-bond acceptors (Lipinski definition) is 2. The molecule has 0 aliphatic carbocycles. The average Bonchev–Trinajstić information content (AvgIpc) is 2.87. The van der Waals surface area contributed by atoms with Gasteiger partial charge < -0.3 is 14.7 Å². The van der Waals surface area contributed by atoms with E-state index in [2.05, 4.69) is 9.97 Å². The summed E-state index contributed by atoms with van der Waals surface area (Å²) in [6.07, 6.45) is 4.59. The highest BCUT2D eigenvalue weighted by Crippen LogP contribution is 2.19. The van der Waals surface area contributed by atoms with Crippen LogP contribution in [0, 0.1) is 0 Å². The Bertz CT molecular complexity index is 391. The van der Waals surface area contributed by atoms with Gasteiger partial charge in [0.15, 0.2) is 0 Å². The molecule has 1 unspecified atom stereocenters. The number of nitrogens with zero attached hydrogens (tertiary/aromatic N) is 2. The van der Waals surface area contributed by atoms with E-state index in [4.69, 9.17) is 0 Å². The van der Waals surface area contributed by atoms with Crippen LogP contribution < -0.4 is 0 Å². The van der Waals surface area contributed by atoms with Crippen LogP contribution in [0.25, 0.3) is 0 Å². The fourth-order valence-corrected chi connectivity index (χ4v) is 1.50. The van der Waals surface area contributed by atoms with Crippen LogP contribution in [0.1, 0.15) is 24.4 Å². The van der Waals surface area contributed by atoms with E-state index in [1.165, 1.54) is 0 Å². The van der Waals surface area contributed by atoms with Crippen LogP contribution in [0.15, 0.2) is 30.9 Å². The first kappa shape index (κ1) is 9.02. The molecule has 4 nitrogen and oxygen atoms in total. The zero-order valence-corrected chi connectivity index (χ0v) is 8.01. The van der Waals surface area contributed by atoms with Gasteiger partial charge in [0.1, 0.15) is 6.10 Å². The number of rotatable bonds is 3. The molecule has 1 atom stereocenters. The molecule has 0 saturated carbocycles. The summed E-state index contributed by atoms with van der Waals surface area (Å²) in [5, 5.41) is 9.99. The molecule has 0 saturated heterocycles. The number of aliphatic hydroxyl groups is 1. The van der Waals surface area contributed by atoms with Gasteiger partial charge in [-0.1, -0.05) is 0 Å². The van der Waals surface area contributed by atoms with Crippen LogP contribution in [0.2, 0.25) is 0 Å². The summed E-state index contributed by atoms with van der Waals surface area (Å²) in [5.41, 5.74) is 1.61. The Kier molecular flexibility index (Phi) is 2.37. The number of H-pyrrole nitrogens is 1. The Hall–Kier alpha value is -1.55. The first-order valence-electron chi connectivity index (χ1n) is 4.64. The van der Waals surface area contributed by atoms with Gasteiger partial charge in [0.05, 0.1) is 23.9 Å². The van der Waals surface area contributed by atoms with Gasteiger partial charge >= 0.3 is 0 Å². The third-order valence-corrected chi connectivity index (χ3v) is 2.28. The molecule has 0 spiro atoms. The first-order valence-corrected chi connectivity index (χ1v) is 4.64. The van der Waals surface area contributed by atoms with E-state index < -0.39 is 6.10 Å². The number of aromatic nitrogens is 3. The van der Waals surface area contributed by atoms with Gasteiger partial charge in [0.2, 0.25) is 0 Å². The summed E-state index contributed by atoms with van der Waals surface area (Å²) in [6, 6.07) is 3.73. The number of aliphatic hydroxyl groups excluding tert-OH is 1. The van der Waals surface area contributed by atoms with Crippen molar-refractivity contribution in [1.29, 1.82) is 0 Å². The van der Waals surface area contributed by atoms with Crippen molar-refractivity contribution in [2.45, 2.75) is 19.6 Å². The van der Waals surface area contributed by atoms with Crippen LogP contribution in [-0.2, 0) is 6.54 Å². The molecule has 2 rings (SSSR count). The molecular weight excluding hydrogens is 178 g/mol. The van der Waals surface area contributed by atoms with Crippen LogP contribution in [0.4, 0.5) is 0 Å². The number of aryl methyl sites for hydroxylation is 1. The van der Waals surface area contributed by atoms with Gasteiger partial charge in [-0.3, -0.25) is 0 Å². The van der Waals surface area contributed by atoms with Gasteiger partial charge in [0.25, 0.3) is 0 Å². The van der Waals surface area contributed by atoms with E-state index in [1.54, 1.807) is 18.7 Å². The van der Waals surface area contributed by atoms with Crippen molar-refractivity contribution in [1.82, 2.24) is 14.5 Å². The predicted octanol–water partition coefficient (Wildman–Crippen LogP) is 1.31. The predicted molar refractivity (Wildman–Crippen MR) is 52.8 cm³/mol. The number of aromatic amines is 1. The zero-order valence-electron chi connectivity index (χ0n) is 8.01. The quantitative estimate of drug-likeness (QED) is 0.768. The maximum Gasteiger partial charge on any atom is 0.135 e. The van der Waals surface area contributed by atoms with Crippen LogP contribution in [0.5, 0.6) is 0 Å². The van der Waals surface area contributed by atoms with E-state index in [0.717, 1.165) is 17.9 Å². The largest absolute Gasteiger partial charge is 0.381 e. The van der Waals surface area contributed by atoms with Gasteiger partial charge in [-0.05, 0) is 19.1 Å². The minimum atomic E-state index is -0.618. The van der Waals surface area contributed by atoms with E-state index in [1.807, 2.05) is 23.6 Å².